The molecule has 1 aromatic heterocycles. The highest BCUT2D eigenvalue weighted by molar-refractivity contribution is 5.81. The first kappa shape index (κ1) is 11.5. The van der Waals surface area contributed by atoms with Crippen molar-refractivity contribution in [3.63, 3.8) is 0 Å². The maximum Gasteiger partial charge on any atom is 0.118 e. The number of hydrogen-bond donors (Lipinski definition) is 0. The molecule has 3 rings (SSSR count). The van der Waals surface area contributed by atoms with E-state index in [0.717, 1.165) is 22.3 Å². The number of aromatic nitrogens is 2. The lowest BCUT2D eigenvalue weighted by molar-refractivity contribution is 0.415. The highest BCUT2D eigenvalue weighted by Gasteiger charge is 1.98. The fourth-order valence-electron chi connectivity index (χ4n) is 1.86. The van der Waals surface area contributed by atoms with Gasteiger partial charge in [0.25, 0.3) is 0 Å². The van der Waals surface area contributed by atoms with Gasteiger partial charge in [0.2, 0.25) is 0 Å². The van der Waals surface area contributed by atoms with Crippen molar-refractivity contribution >= 4 is 17.2 Å². The van der Waals surface area contributed by atoms with Crippen molar-refractivity contribution in [3.8, 4) is 5.75 Å². The summed E-state index contributed by atoms with van der Waals surface area (Å²) in [6.45, 7) is 0. The number of methoxy groups -OCH3 is 1. The minimum absolute atomic E-state index is 0.838. The molecule has 0 aliphatic carbocycles. The topological polar surface area (TPSA) is 39.4 Å². The van der Waals surface area contributed by atoms with Crippen LogP contribution in [0.3, 0.4) is 0 Å². The third kappa shape index (κ3) is 2.33. The molecule has 0 saturated carbocycles. The third-order valence-corrected chi connectivity index (χ3v) is 2.88. The minimum Gasteiger partial charge on any atom is -0.497 e. The number of para-hydroxylation sites is 2. The Morgan fingerprint density at radius 1 is 1.11 bits per heavy atom. The average Bonchev–Trinajstić information content (AvgIpc) is 2.89. The lowest BCUT2D eigenvalue weighted by Gasteiger charge is -1.99. The van der Waals surface area contributed by atoms with Crippen LogP contribution in [-0.4, -0.2) is 23.0 Å². The average molecular weight is 251 g/mol. The monoisotopic (exact) mass is 251 g/mol. The summed E-state index contributed by atoms with van der Waals surface area (Å²) in [5, 5.41) is 4.41. The Hall–Kier alpha value is -2.62. The molecule has 0 bridgehead atoms. The van der Waals surface area contributed by atoms with Gasteiger partial charge in [-0.3, -0.25) is 0 Å². The molecule has 19 heavy (non-hydrogen) atoms. The predicted octanol–water partition coefficient (Wildman–Crippen LogP) is 2.93. The number of imidazole rings is 1. The normalized spacial score (nSPS) is 11.2. The maximum atomic E-state index is 5.12. The fraction of sp³-hybridized carbons (Fsp3) is 0.0667. The van der Waals surface area contributed by atoms with E-state index in [9.17, 15) is 0 Å². The number of nitrogens with zero attached hydrogens (tertiary/aromatic N) is 3. The van der Waals surface area contributed by atoms with E-state index in [1.54, 1.807) is 24.3 Å². The van der Waals surface area contributed by atoms with Crippen LogP contribution in [0.25, 0.3) is 11.0 Å². The van der Waals surface area contributed by atoms with E-state index in [-0.39, 0.29) is 0 Å². The SMILES string of the molecule is COc1ccc(C=Nn2cnc3ccccc32)cc1. The maximum absolute atomic E-state index is 5.12. The molecule has 0 fully saturated rings. The van der Waals surface area contributed by atoms with E-state index in [4.69, 9.17) is 4.74 Å². The van der Waals surface area contributed by atoms with Gasteiger partial charge in [-0.1, -0.05) is 12.1 Å². The van der Waals surface area contributed by atoms with Crippen molar-refractivity contribution in [2.24, 2.45) is 5.10 Å². The molecule has 4 nitrogen and oxygen atoms in total. The molecule has 1 heterocycles. The molecule has 0 N–H and O–H groups in total. The number of rotatable bonds is 3. The smallest absolute Gasteiger partial charge is 0.118 e. The molecule has 4 heteroatoms. The summed E-state index contributed by atoms with van der Waals surface area (Å²) in [4.78, 5) is 4.29. The standard InChI is InChI=1S/C15H13N3O/c1-19-13-8-6-12(7-9-13)10-17-18-11-16-14-4-2-3-5-15(14)18/h2-11H,1H3. The van der Waals surface area contributed by atoms with Gasteiger partial charge in [-0.15, -0.1) is 0 Å². The van der Waals surface area contributed by atoms with Crippen molar-refractivity contribution < 1.29 is 4.74 Å². The lowest BCUT2D eigenvalue weighted by atomic mass is 10.2. The zero-order valence-electron chi connectivity index (χ0n) is 10.5. The second-order valence-corrected chi connectivity index (χ2v) is 4.10. The summed E-state index contributed by atoms with van der Waals surface area (Å²) >= 11 is 0. The Bertz CT molecular complexity index is 714. The number of benzene rings is 2. The first-order chi connectivity index (χ1) is 9.36. The number of ether oxygens (including phenoxy) is 1. The van der Waals surface area contributed by atoms with Crippen molar-refractivity contribution in [3.05, 3.63) is 60.4 Å². The number of hydrogen-bond acceptors (Lipinski definition) is 3. The molecular weight excluding hydrogens is 238 g/mol. The Labute approximate surface area is 111 Å². The highest BCUT2D eigenvalue weighted by Crippen LogP contribution is 2.12. The molecular formula is C15H13N3O. The van der Waals surface area contributed by atoms with Crippen LogP contribution in [-0.2, 0) is 0 Å². The molecule has 0 unspecified atom stereocenters. The van der Waals surface area contributed by atoms with Gasteiger partial charge in [0.1, 0.15) is 12.1 Å². The van der Waals surface area contributed by atoms with E-state index in [2.05, 4.69) is 10.1 Å². The van der Waals surface area contributed by atoms with Crippen LogP contribution < -0.4 is 4.74 Å². The molecule has 0 aliphatic heterocycles. The molecule has 0 atom stereocenters. The van der Waals surface area contributed by atoms with Crippen molar-refractivity contribution in [2.75, 3.05) is 7.11 Å². The molecule has 94 valence electrons. The van der Waals surface area contributed by atoms with Crippen LogP contribution in [0.4, 0.5) is 0 Å². The van der Waals surface area contributed by atoms with E-state index in [1.165, 1.54) is 0 Å². The van der Waals surface area contributed by atoms with E-state index in [1.807, 2.05) is 48.5 Å². The second kappa shape index (κ2) is 4.94. The Morgan fingerprint density at radius 2 is 1.89 bits per heavy atom. The second-order valence-electron chi connectivity index (χ2n) is 4.10. The van der Waals surface area contributed by atoms with Crippen LogP contribution >= 0.6 is 0 Å². The minimum atomic E-state index is 0.838. The molecule has 0 radical (unpaired) electrons. The van der Waals surface area contributed by atoms with Crippen LogP contribution in [0, 0.1) is 0 Å². The molecule has 0 aliphatic rings. The summed E-state index contributed by atoms with van der Waals surface area (Å²) in [7, 11) is 1.65. The lowest BCUT2D eigenvalue weighted by Crippen LogP contribution is -1.89. The van der Waals surface area contributed by atoms with Gasteiger partial charge < -0.3 is 4.74 Å². The summed E-state index contributed by atoms with van der Waals surface area (Å²) in [5.41, 5.74) is 2.94. The van der Waals surface area contributed by atoms with Crippen LogP contribution in [0.5, 0.6) is 5.75 Å². The van der Waals surface area contributed by atoms with Gasteiger partial charge in [-0.25, -0.2) is 9.66 Å². The largest absolute Gasteiger partial charge is 0.497 e. The first-order valence-electron chi connectivity index (χ1n) is 5.97. The molecule has 2 aromatic carbocycles. The predicted molar refractivity (Wildman–Crippen MR) is 75.7 cm³/mol. The quantitative estimate of drug-likeness (QED) is 0.671. The van der Waals surface area contributed by atoms with E-state index >= 15 is 0 Å². The first-order valence-corrected chi connectivity index (χ1v) is 5.97. The Kier molecular flexibility index (Phi) is 2.98. The van der Waals surface area contributed by atoms with Crippen molar-refractivity contribution in [1.82, 2.24) is 9.66 Å². The van der Waals surface area contributed by atoms with Crippen molar-refractivity contribution in [1.29, 1.82) is 0 Å². The number of fused-ring (bicyclic) bond motifs is 1. The van der Waals surface area contributed by atoms with E-state index < -0.39 is 0 Å². The summed E-state index contributed by atoms with van der Waals surface area (Å²) < 4.78 is 6.88. The molecule has 0 saturated heterocycles. The van der Waals surface area contributed by atoms with Gasteiger partial charge in [-0.05, 0) is 42.0 Å². The zero-order valence-corrected chi connectivity index (χ0v) is 10.5. The van der Waals surface area contributed by atoms with Crippen molar-refractivity contribution in [2.45, 2.75) is 0 Å². The summed E-state index contributed by atoms with van der Waals surface area (Å²) in [6.07, 6.45) is 3.51. The van der Waals surface area contributed by atoms with Crippen LogP contribution in [0.15, 0.2) is 60.0 Å². The van der Waals surface area contributed by atoms with Crippen LogP contribution in [0.2, 0.25) is 0 Å². The summed E-state index contributed by atoms with van der Waals surface area (Å²) in [5.74, 6) is 0.838. The van der Waals surface area contributed by atoms with E-state index in [0.29, 0.717) is 0 Å². The van der Waals surface area contributed by atoms with Gasteiger partial charge in [0.15, 0.2) is 0 Å². The third-order valence-electron chi connectivity index (χ3n) is 2.88. The molecule has 0 spiro atoms. The summed E-state index contributed by atoms with van der Waals surface area (Å²) in [6, 6.07) is 15.6. The molecule has 0 amide bonds. The fourth-order valence-corrected chi connectivity index (χ4v) is 1.86. The molecule has 3 aromatic rings. The van der Waals surface area contributed by atoms with Gasteiger partial charge in [0, 0.05) is 0 Å². The van der Waals surface area contributed by atoms with Crippen LogP contribution in [0.1, 0.15) is 5.56 Å². The Morgan fingerprint density at radius 3 is 2.68 bits per heavy atom. The van der Waals surface area contributed by atoms with Gasteiger partial charge in [-0.2, -0.15) is 5.10 Å². The van der Waals surface area contributed by atoms with Gasteiger partial charge in [0.05, 0.1) is 24.4 Å². The zero-order chi connectivity index (χ0) is 13.1. The Balaban J connectivity index is 1.89. The highest BCUT2D eigenvalue weighted by atomic mass is 16.5. The van der Waals surface area contributed by atoms with Gasteiger partial charge >= 0.3 is 0 Å².